The molecule has 2 amide bonds. The van der Waals surface area contributed by atoms with Gasteiger partial charge in [0, 0.05) is 12.6 Å². The van der Waals surface area contributed by atoms with Gasteiger partial charge in [-0.1, -0.05) is 19.8 Å². The van der Waals surface area contributed by atoms with Gasteiger partial charge >= 0.3 is 0 Å². The van der Waals surface area contributed by atoms with Gasteiger partial charge in [0.1, 0.15) is 0 Å². The summed E-state index contributed by atoms with van der Waals surface area (Å²) in [5.74, 6) is -0.134. The summed E-state index contributed by atoms with van der Waals surface area (Å²) in [6, 6.07) is -0.703. The van der Waals surface area contributed by atoms with Crippen molar-refractivity contribution in [3.05, 3.63) is 0 Å². The second-order valence-corrected chi connectivity index (χ2v) is 7.70. The molecule has 2 aliphatic carbocycles. The number of fused-ring (bicyclic) bond motifs is 1. The fourth-order valence-corrected chi connectivity index (χ4v) is 4.37. The Kier molecular flexibility index (Phi) is 5.23. The van der Waals surface area contributed by atoms with Gasteiger partial charge in [-0.3, -0.25) is 19.3 Å². The molecular formula is C18H29N3O3. The van der Waals surface area contributed by atoms with E-state index in [4.69, 9.17) is 0 Å². The van der Waals surface area contributed by atoms with Crippen molar-refractivity contribution in [1.29, 1.82) is 0 Å². The SMILES string of the molecule is CCCC(NC(=O)C1C2CCCC2CN1C)C(=O)C(=O)NC1CC1. The maximum Gasteiger partial charge on any atom is 0.289 e. The lowest BCUT2D eigenvalue weighted by molar-refractivity contribution is -0.140. The third-order valence-electron chi connectivity index (χ3n) is 5.74. The van der Waals surface area contributed by atoms with Crippen molar-refractivity contribution < 1.29 is 14.4 Å². The normalized spacial score (nSPS) is 30.7. The Labute approximate surface area is 143 Å². The molecule has 3 rings (SSSR count). The van der Waals surface area contributed by atoms with Crippen molar-refractivity contribution in [2.45, 2.75) is 70.0 Å². The predicted octanol–water partition coefficient (Wildman–Crippen LogP) is 0.849. The first kappa shape index (κ1) is 17.4. The van der Waals surface area contributed by atoms with Crippen molar-refractivity contribution in [2.75, 3.05) is 13.6 Å². The number of nitrogens with one attached hydrogen (secondary N) is 2. The first-order valence-electron chi connectivity index (χ1n) is 9.36. The van der Waals surface area contributed by atoms with E-state index in [1.807, 2.05) is 14.0 Å². The maximum atomic E-state index is 12.8. The second-order valence-electron chi connectivity index (χ2n) is 7.70. The van der Waals surface area contributed by atoms with Crippen LogP contribution in [0.25, 0.3) is 0 Å². The van der Waals surface area contributed by atoms with E-state index in [0.29, 0.717) is 18.3 Å². The standard InChI is InChI=1S/C18H29N3O3/c1-3-5-14(16(22)18(24)19-12-8-9-12)20-17(23)15-13-7-4-6-11(13)10-21(15)2/h11-15H,3-10H2,1-2H3,(H,19,24)(H,20,23). The Morgan fingerprint density at radius 2 is 1.92 bits per heavy atom. The molecule has 1 saturated heterocycles. The van der Waals surface area contributed by atoms with E-state index in [-0.39, 0.29) is 18.0 Å². The first-order valence-corrected chi connectivity index (χ1v) is 9.36. The molecule has 1 heterocycles. The smallest absolute Gasteiger partial charge is 0.289 e. The Balaban J connectivity index is 1.62. The quantitative estimate of drug-likeness (QED) is 0.676. The Morgan fingerprint density at radius 1 is 1.17 bits per heavy atom. The summed E-state index contributed by atoms with van der Waals surface area (Å²) in [6.45, 7) is 2.91. The van der Waals surface area contributed by atoms with Gasteiger partial charge in [0.05, 0.1) is 12.1 Å². The summed E-state index contributed by atoms with van der Waals surface area (Å²) in [6.07, 6.45) is 6.61. The molecule has 4 unspecified atom stereocenters. The number of hydrogen-bond acceptors (Lipinski definition) is 4. The van der Waals surface area contributed by atoms with Crippen LogP contribution in [0.5, 0.6) is 0 Å². The summed E-state index contributed by atoms with van der Waals surface area (Å²) in [5, 5.41) is 5.62. The van der Waals surface area contributed by atoms with Gasteiger partial charge in [-0.05, 0) is 51.0 Å². The number of carbonyl (C=O) groups is 3. The van der Waals surface area contributed by atoms with Crippen LogP contribution in [0.2, 0.25) is 0 Å². The largest absolute Gasteiger partial charge is 0.347 e. The highest BCUT2D eigenvalue weighted by atomic mass is 16.2. The van der Waals surface area contributed by atoms with E-state index in [2.05, 4.69) is 15.5 Å². The minimum absolute atomic E-state index is 0.0853. The molecule has 0 bridgehead atoms. The van der Waals surface area contributed by atoms with Crippen LogP contribution in [0.4, 0.5) is 0 Å². The number of ketones is 1. The number of nitrogens with zero attached hydrogens (tertiary/aromatic N) is 1. The van der Waals surface area contributed by atoms with Crippen molar-refractivity contribution in [2.24, 2.45) is 11.8 Å². The molecule has 3 aliphatic rings. The van der Waals surface area contributed by atoms with Gasteiger partial charge in [0.2, 0.25) is 11.7 Å². The van der Waals surface area contributed by atoms with Crippen LogP contribution < -0.4 is 10.6 Å². The molecule has 134 valence electrons. The highest BCUT2D eigenvalue weighted by Crippen LogP contribution is 2.41. The van der Waals surface area contributed by atoms with E-state index in [9.17, 15) is 14.4 Å². The fraction of sp³-hybridized carbons (Fsp3) is 0.833. The van der Waals surface area contributed by atoms with Crippen LogP contribution in [0.1, 0.15) is 51.9 Å². The van der Waals surface area contributed by atoms with E-state index in [1.165, 1.54) is 12.8 Å². The van der Waals surface area contributed by atoms with E-state index in [1.54, 1.807) is 0 Å². The Hall–Kier alpha value is -1.43. The van der Waals surface area contributed by atoms with E-state index < -0.39 is 17.7 Å². The summed E-state index contributed by atoms with van der Waals surface area (Å²) in [5.41, 5.74) is 0. The molecular weight excluding hydrogens is 306 g/mol. The minimum atomic E-state index is -0.699. The monoisotopic (exact) mass is 335 g/mol. The van der Waals surface area contributed by atoms with Gasteiger partial charge in [0.25, 0.3) is 5.91 Å². The molecule has 6 nitrogen and oxygen atoms in total. The lowest BCUT2D eigenvalue weighted by Gasteiger charge is -2.26. The second kappa shape index (κ2) is 7.21. The van der Waals surface area contributed by atoms with Crippen LogP contribution in [-0.2, 0) is 14.4 Å². The number of Topliss-reactive ketones (excluding diaryl/α,β-unsaturated/α-hetero) is 1. The summed E-state index contributed by atoms with van der Waals surface area (Å²) in [7, 11) is 1.99. The molecule has 0 radical (unpaired) electrons. The lowest BCUT2D eigenvalue weighted by atomic mass is 9.93. The molecule has 6 heteroatoms. The molecule has 2 saturated carbocycles. The van der Waals surface area contributed by atoms with E-state index >= 15 is 0 Å². The average molecular weight is 335 g/mol. The van der Waals surface area contributed by atoms with Gasteiger partial charge in [-0.15, -0.1) is 0 Å². The number of likely N-dealkylation sites (N-methyl/N-ethyl adjacent to an activating group) is 1. The summed E-state index contributed by atoms with van der Waals surface area (Å²) >= 11 is 0. The van der Waals surface area contributed by atoms with Gasteiger partial charge in [-0.2, -0.15) is 0 Å². The third kappa shape index (κ3) is 3.63. The topological polar surface area (TPSA) is 78.5 Å². The lowest BCUT2D eigenvalue weighted by Crippen LogP contribution is -2.53. The van der Waals surface area contributed by atoms with Crippen LogP contribution in [-0.4, -0.2) is 54.2 Å². The zero-order chi connectivity index (χ0) is 17.3. The first-order chi connectivity index (χ1) is 11.5. The summed E-state index contributed by atoms with van der Waals surface area (Å²) in [4.78, 5) is 39.4. The molecule has 4 atom stereocenters. The Bertz CT molecular complexity index is 518. The van der Waals surface area contributed by atoms with Crippen LogP contribution in [0.3, 0.4) is 0 Å². The highest BCUT2D eigenvalue weighted by molar-refractivity contribution is 6.38. The number of hydrogen-bond donors (Lipinski definition) is 2. The average Bonchev–Trinajstić information content (AvgIpc) is 3.14. The molecule has 2 N–H and O–H groups in total. The van der Waals surface area contributed by atoms with Crippen molar-refractivity contribution >= 4 is 17.6 Å². The molecule has 3 fully saturated rings. The van der Waals surface area contributed by atoms with Gasteiger partial charge < -0.3 is 10.6 Å². The molecule has 0 aromatic carbocycles. The number of likely N-dealkylation sites (tertiary alicyclic amines) is 1. The van der Waals surface area contributed by atoms with Crippen molar-refractivity contribution in [3.8, 4) is 0 Å². The van der Waals surface area contributed by atoms with Crippen molar-refractivity contribution in [1.82, 2.24) is 15.5 Å². The van der Waals surface area contributed by atoms with Gasteiger partial charge in [-0.25, -0.2) is 0 Å². The molecule has 0 spiro atoms. The van der Waals surface area contributed by atoms with Crippen LogP contribution in [0.15, 0.2) is 0 Å². The maximum absolute atomic E-state index is 12.8. The zero-order valence-electron chi connectivity index (χ0n) is 14.7. The van der Waals surface area contributed by atoms with E-state index in [0.717, 1.165) is 32.2 Å². The van der Waals surface area contributed by atoms with Crippen molar-refractivity contribution in [3.63, 3.8) is 0 Å². The van der Waals surface area contributed by atoms with Gasteiger partial charge in [0.15, 0.2) is 0 Å². The highest BCUT2D eigenvalue weighted by Gasteiger charge is 2.46. The zero-order valence-corrected chi connectivity index (χ0v) is 14.7. The fourth-order valence-electron chi connectivity index (χ4n) is 4.37. The minimum Gasteiger partial charge on any atom is -0.347 e. The molecule has 24 heavy (non-hydrogen) atoms. The molecule has 0 aromatic heterocycles. The predicted molar refractivity (Wildman–Crippen MR) is 90.3 cm³/mol. The third-order valence-corrected chi connectivity index (χ3v) is 5.74. The number of carbonyl (C=O) groups excluding carboxylic acids is 3. The van der Waals surface area contributed by atoms with Crippen LogP contribution >= 0.6 is 0 Å². The number of amides is 2. The molecule has 1 aliphatic heterocycles. The summed E-state index contributed by atoms with van der Waals surface area (Å²) < 4.78 is 0. The molecule has 0 aromatic rings. The Morgan fingerprint density at radius 3 is 2.58 bits per heavy atom. The number of rotatable bonds is 7. The van der Waals surface area contributed by atoms with Crippen LogP contribution in [0, 0.1) is 11.8 Å².